The van der Waals surface area contributed by atoms with E-state index < -0.39 is 0 Å². The molecule has 1 heterocycles. The zero-order valence-corrected chi connectivity index (χ0v) is 9.77. The van der Waals surface area contributed by atoms with Gasteiger partial charge in [0.05, 0.1) is 0 Å². The molecule has 17 heavy (non-hydrogen) atoms. The molecule has 1 aromatic heterocycles. The number of furan rings is 1. The van der Waals surface area contributed by atoms with E-state index in [0.29, 0.717) is 11.7 Å². The van der Waals surface area contributed by atoms with Crippen LogP contribution in [0.4, 0.5) is 0 Å². The van der Waals surface area contributed by atoms with Crippen molar-refractivity contribution in [2.24, 2.45) is 5.92 Å². The molecule has 0 aliphatic heterocycles. The second kappa shape index (κ2) is 3.91. The maximum absolute atomic E-state index is 12.0. The third-order valence-electron chi connectivity index (χ3n) is 3.34. The van der Waals surface area contributed by atoms with Crippen LogP contribution in [0.2, 0.25) is 0 Å². The fraction of sp³-hybridized carbons (Fsp3) is 0.357. The highest BCUT2D eigenvalue weighted by molar-refractivity contribution is 5.96. The molecule has 3 rings (SSSR count). The fourth-order valence-electron chi connectivity index (χ4n) is 2.09. The van der Waals surface area contributed by atoms with Crippen molar-refractivity contribution in [2.75, 3.05) is 0 Å². The van der Waals surface area contributed by atoms with Gasteiger partial charge in [-0.3, -0.25) is 4.79 Å². The lowest BCUT2D eigenvalue weighted by molar-refractivity contribution is 0.0910. The smallest absolute Gasteiger partial charge is 0.287 e. The zero-order chi connectivity index (χ0) is 11.8. The minimum atomic E-state index is -0.111. The lowest BCUT2D eigenvalue weighted by Gasteiger charge is -2.10. The van der Waals surface area contributed by atoms with Gasteiger partial charge in [-0.1, -0.05) is 18.2 Å². The molecule has 0 spiro atoms. The van der Waals surface area contributed by atoms with Crippen molar-refractivity contribution >= 4 is 16.9 Å². The molecular weight excluding hydrogens is 214 g/mol. The van der Waals surface area contributed by atoms with Gasteiger partial charge in [-0.25, -0.2) is 0 Å². The third kappa shape index (κ3) is 2.05. The Balaban J connectivity index is 1.80. The van der Waals surface area contributed by atoms with E-state index in [0.717, 1.165) is 11.0 Å². The van der Waals surface area contributed by atoms with Gasteiger partial charge in [0, 0.05) is 11.4 Å². The Kier molecular flexibility index (Phi) is 2.39. The molecule has 1 amide bonds. The van der Waals surface area contributed by atoms with Gasteiger partial charge in [0.25, 0.3) is 5.91 Å². The van der Waals surface area contributed by atoms with Crippen LogP contribution in [0.1, 0.15) is 30.3 Å². The minimum Gasteiger partial charge on any atom is -0.451 e. The second-order valence-corrected chi connectivity index (χ2v) is 4.75. The molecule has 0 bridgehead atoms. The molecule has 3 heteroatoms. The Labute approximate surface area is 99.8 Å². The van der Waals surface area contributed by atoms with Gasteiger partial charge in [-0.2, -0.15) is 0 Å². The monoisotopic (exact) mass is 229 g/mol. The molecule has 2 aromatic rings. The molecule has 3 nitrogen and oxygen atoms in total. The Hall–Kier alpha value is -1.77. The second-order valence-electron chi connectivity index (χ2n) is 4.75. The van der Waals surface area contributed by atoms with E-state index in [2.05, 4.69) is 12.2 Å². The third-order valence-corrected chi connectivity index (χ3v) is 3.34. The molecule has 1 fully saturated rings. The van der Waals surface area contributed by atoms with Crippen molar-refractivity contribution in [2.45, 2.75) is 25.8 Å². The SMILES string of the molecule is CC(NC(=O)c1cc2ccccc2o1)C1CC1. The van der Waals surface area contributed by atoms with E-state index in [9.17, 15) is 4.79 Å². The molecule has 88 valence electrons. The predicted molar refractivity (Wildman–Crippen MR) is 65.9 cm³/mol. The van der Waals surface area contributed by atoms with Gasteiger partial charge < -0.3 is 9.73 Å². The molecule has 1 atom stereocenters. The summed E-state index contributed by atoms with van der Waals surface area (Å²) in [7, 11) is 0. The first-order valence-corrected chi connectivity index (χ1v) is 6.03. The van der Waals surface area contributed by atoms with Crippen LogP contribution in [-0.2, 0) is 0 Å². The maximum atomic E-state index is 12.0. The number of amides is 1. The number of para-hydroxylation sites is 1. The van der Waals surface area contributed by atoms with E-state index >= 15 is 0 Å². The van der Waals surface area contributed by atoms with Crippen LogP contribution < -0.4 is 5.32 Å². The van der Waals surface area contributed by atoms with Crippen LogP contribution in [0.15, 0.2) is 34.7 Å². The number of carbonyl (C=O) groups excluding carboxylic acids is 1. The Morgan fingerprint density at radius 1 is 1.41 bits per heavy atom. The summed E-state index contributed by atoms with van der Waals surface area (Å²) in [4.78, 5) is 12.0. The van der Waals surface area contributed by atoms with E-state index in [1.807, 2.05) is 24.3 Å². The Bertz CT molecular complexity index is 521. The average Bonchev–Trinajstić information content (AvgIpc) is 3.08. The first kappa shape index (κ1) is 10.4. The molecule has 1 saturated carbocycles. The quantitative estimate of drug-likeness (QED) is 0.879. The molecule has 1 N–H and O–H groups in total. The molecule has 1 aliphatic rings. The number of benzene rings is 1. The van der Waals surface area contributed by atoms with Crippen molar-refractivity contribution < 1.29 is 9.21 Å². The Morgan fingerprint density at radius 3 is 2.88 bits per heavy atom. The average molecular weight is 229 g/mol. The van der Waals surface area contributed by atoms with Gasteiger partial charge in [0.15, 0.2) is 5.76 Å². The van der Waals surface area contributed by atoms with Crippen molar-refractivity contribution in [1.82, 2.24) is 5.32 Å². The highest BCUT2D eigenvalue weighted by Crippen LogP contribution is 2.32. The summed E-state index contributed by atoms with van der Waals surface area (Å²) < 4.78 is 5.52. The maximum Gasteiger partial charge on any atom is 0.287 e. The van der Waals surface area contributed by atoms with Gasteiger partial charge in [-0.05, 0) is 37.8 Å². The standard InChI is InChI=1S/C14H15NO2/c1-9(10-6-7-10)15-14(16)13-8-11-4-2-3-5-12(11)17-13/h2-5,8-10H,6-7H2,1H3,(H,15,16). The van der Waals surface area contributed by atoms with Crippen molar-refractivity contribution in [1.29, 1.82) is 0 Å². The first-order valence-electron chi connectivity index (χ1n) is 6.03. The van der Waals surface area contributed by atoms with E-state index in [1.54, 1.807) is 6.07 Å². The van der Waals surface area contributed by atoms with E-state index in [4.69, 9.17) is 4.42 Å². The van der Waals surface area contributed by atoms with Crippen molar-refractivity contribution in [3.05, 3.63) is 36.1 Å². The van der Waals surface area contributed by atoms with Crippen LogP contribution in [-0.4, -0.2) is 11.9 Å². The van der Waals surface area contributed by atoms with Gasteiger partial charge in [0.1, 0.15) is 5.58 Å². The topological polar surface area (TPSA) is 42.2 Å². The van der Waals surface area contributed by atoms with Crippen LogP contribution in [0.3, 0.4) is 0 Å². The summed E-state index contributed by atoms with van der Waals surface area (Å²) in [5.74, 6) is 0.947. The van der Waals surface area contributed by atoms with Gasteiger partial charge in [0.2, 0.25) is 0 Å². The number of rotatable bonds is 3. The molecule has 1 aromatic carbocycles. The predicted octanol–water partition coefficient (Wildman–Crippen LogP) is 2.96. The van der Waals surface area contributed by atoms with Crippen LogP contribution in [0, 0.1) is 5.92 Å². The summed E-state index contributed by atoms with van der Waals surface area (Å²) >= 11 is 0. The highest BCUT2D eigenvalue weighted by atomic mass is 16.3. The number of fused-ring (bicyclic) bond motifs is 1. The van der Waals surface area contributed by atoms with E-state index in [-0.39, 0.29) is 11.9 Å². The summed E-state index contributed by atoms with van der Waals surface area (Å²) in [5.41, 5.74) is 0.761. The number of nitrogens with one attached hydrogen (secondary N) is 1. The van der Waals surface area contributed by atoms with Gasteiger partial charge >= 0.3 is 0 Å². The first-order chi connectivity index (χ1) is 8.24. The number of hydrogen-bond acceptors (Lipinski definition) is 2. The largest absolute Gasteiger partial charge is 0.451 e. The number of carbonyl (C=O) groups is 1. The summed E-state index contributed by atoms with van der Waals surface area (Å²) in [6.07, 6.45) is 2.45. The van der Waals surface area contributed by atoms with Gasteiger partial charge in [-0.15, -0.1) is 0 Å². The minimum absolute atomic E-state index is 0.111. The summed E-state index contributed by atoms with van der Waals surface area (Å²) in [6, 6.07) is 9.70. The molecular formula is C14H15NO2. The normalized spacial score (nSPS) is 17.0. The lowest BCUT2D eigenvalue weighted by atomic mass is 10.2. The summed E-state index contributed by atoms with van der Waals surface area (Å²) in [6.45, 7) is 2.05. The van der Waals surface area contributed by atoms with Crippen molar-refractivity contribution in [3.63, 3.8) is 0 Å². The highest BCUT2D eigenvalue weighted by Gasteiger charge is 2.29. The molecule has 0 radical (unpaired) electrons. The molecule has 1 unspecified atom stereocenters. The van der Waals surface area contributed by atoms with Crippen LogP contribution in [0.5, 0.6) is 0 Å². The number of hydrogen-bond donors (Lipinski definition) is 1. The molecule has 0 saturated heterocycles. The van der Waals surface area contributed by atoms with Crippen LogP contribution >= 0.6 is 0 Å². The van der Waals surface area contributed by atoms with E-state index in [1.165, 1.54) is 12.8 Å². The van der Waals surface area contributed by atoms with Crippen LogP contribution in [0.25, 0.3) is 11.0 Å². The zero-order valence-electron chi connectivity index (χ0n) is 9.77. The van der Waals surface area contributed by atoms with Crippen molar-refractivity contribution in [3.8, 4) is 0 Å². The fourth-order valence-corrected chi connectivity index (χ4v) is 2.09. The summed E-state index contributed by atoms with van der Waals surface area (Å²) in [5, 5.41) is 3.96. The lowest BCUT2D eigenvalue weighted by Crippen LogP contribution is -2.33. The Morgan fingerprint density at radius 2 is 2.18 bits per heavy atom. The molecule has 1 aliphatic carbocycles.